The summed E-state index contributed by atoms with van der Waals surface area (Å²) >= 11 is 0. The highest BCUT2D eigenvalue weighted by Gasteiger charge is 2.36. The third-order valence-electron chi connectivity index (χ3n) is 2.99. The Hall–Kier alpha value is -2.66. The first-order chi connectivity index (χ1) is 12.1. The number of sulfonamides is 1. The first-order valence-corrected chi connectivity index (χ1v) is 8.43. The number of benzene rings is 2. The fraction of sp³-hybridized carbons (Fsp3) is 0.133. The molecule has 2 rings (SSSR count). The second kappa shape index (κ2) is 7.70. The van der Waals surface area contributed by atoms with Crippen LogP contribution >= 0.6 is 0 Å². The van der Waals surface area contributed by atoms with Crippen LogP contribution in [-0.4, -0.2) is 20.9 Å². The molecule has 0 bridgehead atoms. The molecule has 0 heterocycles. The highest BCUT2D eigenvalue weighted by atomic mass is 32.2. The van der Waals surface area contributed by atoms with Gasteiger partial charge < -0.3 is 4.74 Å². The Labute approximate surface area is 145 Å². The summed E-state index contributed by atoms with van der Waals surface area (Å²) in [7, 11) is -4.66. The molecular weight excluding hydrogens is 380 g/mol. The van der Waals surface area contributed by atoms with Gasteiger partial charge in [-0.1, -0.05) is 12.1 Å². The minimum atomic E-state index is -4.89. The van der Waals surface area contributed by atoms with Gasteiger partial charge in [0, 0.05) is 0 Å². The van der Waals surface area contributed by atoms with Gasteiger partial charge in [-0.3, -0.25) is 10.2 Å². The summed E-state index contributed by atoms with van der Waals surface area (Å²) in [6, 6.07) is 8.17. The number of carbonyl (C=O) groups is 1. The van der Waals surface area contributed by atoms with Gasteiger partial charge in [0.2, 0.25) is 0 Å². The third-order valence-corrected chi connectivity index (χ3v) is 4.30. The first kappa shape index (κ1) is 19.7. The SMILES string of the molecule is O=C(COc1ccc(F)cc1)NNS(=O)(=O)c1ccccc1C(F)(F)F. The number of halogens is 4. The summed E-state index contributed by atoms with van der Waals surface area (Å²) in [5.74, 6) is -1.34. The molecule has 140 valence electrons. The quantitative estimate of drug-likeness (QED) is 0.583. The normalized spacial score (nSPS) is 11.8. The third kappa shape index (κ3) is 5.17. The van der Waals surface area contributed by atoms with Crippen molar-refractivity contribution in [2.45, 2.75) is 11.1 Å². The average Bonchev–Trinajstić information content (AvgIpc) is 2.59. The van der Waals surface area contributed by atoms with Crippen molar-refractivity contribution in [3.05, 3.63) is 59.9 Å². The van der Waals surface area contributed by atoms with Gasteiger partial charge in [0.05, 0.1) is 10.5 Å². The number of hydrazine groups is 1. The van der Waals surface area contributed by atoms with E-state index in [1.54, 1.807) is 10.3 Å². The van der Waals surface area contributed by atoms with Crippen LogP contribution in [0.25, 0.3) is 0 Å². The molecule has 0 saturated carbocycles. The van der Waals surface area contributed by atoms with Gasteiger partial charge >= 0.3 is 6.18 Å². The average molecular weight is 392 g/mol. The lowest BCUT2D eigenvalue weighted by atomic mass is 10.2. The molecule has 0 aliphatic carbocycles. The summed E-state index contributed by atoms with van der Waals surface area (Å²) in [6.07, 6.45) is -4.89. The van der Waals surface area contributed by atoms with Crippen LogP contribution < -0.4 is 15.0 Å². The van der Waals surface area contributed by atoms with Crippen molar-refractivity contribution in [1.29, 1.82) is 0 Å². The topological polar surface area (TPSA) is 84.5 Å². The fourth-order valence-electron chi connectivity index (χ4n) is 1.83. The molecule has 0 radical (unpaired) electrons. The molecule has 2 N–H and O–H groups in total. The van der Waals surface area contributed by atoms with Gasteiger partial charge in [0.25, 0.3) is 15.9 Å². The highest BCUT2D eigenvalue weighted by Crippen LogP contribution is 2.33. The minimum Gasteiger partial charge on any atom is -0.484 e. The smallest absolute Gasteiger partial charge is 0.417 e. The van der Waals surface area contributed by atoms with E-state index in [1.807, 2.05) is 0 Å². The summed E-state index contributed by atoms with van der Waals surface area (Å²) in [5, 5.41) is 0. The zero-order valence-corrected chi connectivity index (χ0v) is 13.7. The maximum absolute atomic E-state index is 12.9. The predicted octanol–water partition coefficient (Wildman–Crippen LogP) is 2.23. The van der Waals surface area contributed by atoms with Crippen molar-refractivity contribution in [2.75, 3.05) is 6.61 Å². The molecule has 1 amide bonds. The van der Waals surface area contributed by atoms with Gasteiger partial charge in [-0.15, -0.1) is 4.83 Å². The molecule has 2 aromatic rings. The molecule has 11 heteroatoms. The molecule has 2 aromatic carbocycles. The number of alkyl halides is 3. The second-order valence-electron chi connectivity index (χ2n) is 4.89. The van der Waals surface area contributed by atoms with Crippen LogP contribution in [0, 0.1) is 5.82 Å². The van der Waals surface area contributed by atoms with Crippen LogP contribution in [0.3, 0.4) is 0 Å². The minimum absolute atomic E-state index is 0.145. The molecule has 0 aliphatic heterocycles. The van der Waals surface area contributed by atoms with Gasteiger partial charge in [-0.05, 0) is 36.4 Å². The van der Waals surface area contributed by atoms with Crippen LogP contribution in [-0.2, 0) is 21.0 Å². The number of amides is 1. The van der Waals surface area contributed by atoms with E-state index in [0.717, 1.165) is 30.3 Å². The van der Waals surface area contributed by atoms with E-state index in [-0.39, 0.29) is 5.75 Å². The van der Waals surface area contributed by atoms with Crippen molar-refractivity contribution in [3.8, 4) is 5.75 Å². The Morgan fingerprint density at radius 1 is 1.04 bits per heavy atom. The standard InChI is InChI=1S/C15H12F4N2O4S/c16-10-5-7-11(8-6-10)25-9-14(22)20-21-26(23,24)13-4-2-1-3-12(13)15(17,18)19/h1-8,21H,9H2,(H,20,22). The molecule has 0 fully saturated rings. The molecule has 0 unspecified atom stereocenters. The fourth-order valence-corrected chi connectivity index (χ4v) is 2.92. The monoisotopic (exact) mass is 392 g/mol. The van der Waals surface area contributed by atoms with E-state index >= 15 is 0 Å². The van der Waals surface area contributed by atoms with Crippen LogP contribution in [0.1, 0.15) is 5.56 Å². The lowest BCUT2D eigenvalue weighted by molar-refractivity contribution is -0.139. The molecule has 0 aromatic heterocycles. The van der Waals surface area contributed by atoms with Crippen molar-refractivity contribution in [3.63, 3.8) is 0 Å². The first-order valence-electron chi connectivity index (χ1n) is 6.95. The Morgan fingerprint density at radius 2 is 1.65 bits per heavy atom. The molecule has 26 heavy (non-hydrogen) atoms. The van der Waals surface area contributed by atoms with E-state index < -0.39 is 45.0 Å². The van der Waals surface area contributed by atoms with E-state index in [4.69, 9.17) is 4.74 Å². The van der Waals surface area contributed by atoms with Crippen LogP contribution in [0.4, 0.5) is 17.6 Å². The number of hydrogen-bond donors (Lipinski definition) is 2. The summed E-state index contributed by atoms with van der Waals surface area (Å²) in [6.45, 7) is -0.644. The molecule has 0 atom stereocenters. The zero-order valence-electron chi connectivity index (χ0n) is 12.9. The maximum atomic E-state index is 12.9. The Bertz CT molecular complexity index is 883. The Kier molecular flexibility index (Phi) is 5.83. The highest BCUT2D eigenvalue weighted by molar-refractivity contribution is 7.89. The molecule has 6 nitrogen and oxygen atoms in total. The summed E-state index contributed by atoms with van der Waals surface area (Å²) in [5.41, 5.74) is 0.367. The number of ether oxygens (including phenoxy) is 1. The number of carbonyl (C=O) groups excluding carboxylic acids is 1. The lowest BCUT2D eigenvalue weighted by Gasteiger charge is -2.14. The number of rotatable bonds is 6. The summed E-state index contributed by atoms with van der Waals surface area (Å²) in [4.78, 5) is 12.1. The zero-order chi connectivity index (χ0) is 19.4. The Balaban J connectivity index is 2.00. The lowest BCUT2D eigenvalue weighted by Crippen LogP contribution is -2.44. The maximum Gasteiger partial charge on any atom is 0.417 e. The van der Waals surface area contributed by atoms with Crippen molar-refractivity contribution in [1.82, 2.24) is 10.3 Å². The molecule has 0 saturated heterocycles. The van der Waals surface area contributed by atoms with E-state index in [0.29, 0.717) is 6.07 Å². The number of nitrogens with one attached hydrogen (secondary N) is 2. The molecule has 0 spiro atoms. The van der Waals surface area contributed by atoms with Crippen LogP contribution in [0.5, 0.6) is 5.75 Å². The van der Waals surface area contributed by atoms with Gasteiger partial charge in [-0.2, -0.15) is 13.2 Å². The van der Waals surface area contributed by atoms with Gasteiger partial charge in [0.15, 0.2) is 6.61 Å². The molecule has 0 aliphatic rings. The van der Waals surface area contributed by atoms with E-state index in [1.165, 1.54) is 12.1 Å². The number of hydrogen-bond acceptors (Lipinski definition) is 4. The van der Waals surface area contributed by atoms with Crippen molar-refractivity contribution < 1.29 is 35.5 Å². The van der Waals surface area contributed by atoms with Gasteiger partial charge in [-0.25, -0.2) is 12.8 Å². The van der Waals surface area contributed by atoms with Gasteiger partial charge in [0.1, 0.15) is 11.6 Å². The van der Waals surface area contributed by atoms with Crippen LogP contribution in [0.15, 0.2) is 53.4 Å². The Morgan fingerprint density at radius 3 is 2.27 bits per heavy atom. The largest absolute Gasteiger partial charge is 0.484 e. The van der Waals surface area contributed by atoms with E-state index in [2.05, 4.69) is 0 Å². The predicted molar refractivity (Wildman–Crippen MR) is 81.8 cm³/mol. The van der Waals surface area contributed by atoms with Crippen molar-refractivity contribution in [2.24, 2.45) is 0 Å². The molecular formula is C15H12F4N2O4S. The second-order valence-corrected chi connectivity index (χ2v) is 6.54. The van der Waals surface area contributed by atoms with E-state index in [9.17, 15) is 30.8 Å². The summed E-state index contributed by atoms with van der Waals surface area (Å²) < 4.78 is 80.4. The van der Waals surface area contributed by atoms with Crippen molar-refractivity contribution >= 4 is 15.9 Å². The van der Waals surface area contributed by atoms with Crippen LogP contribution in [0.2, 0.25) is 0 Å².